The number of hydrogen-bond acceptors (Lipinski definition) is 3. The van der Waals surface area contributed by atoms with Crippen molar-refractivity contribution < 1.29 is 4.79 Å². The van der Waals surface area contributed by atoms with Gasteiger partial charge in [0, 0.05) is 21.8 Å². The number of benzene rings is 3. The Hall–Kier alpha value is -3.08. The molecule has 0 bridgehead atoms. The van der Waals surface area contributed by atoms with Gasteiger partial charge in [-0.15, -0.1) is 0 Å². The quantitative estimate of drug-likeness (QED) is 0.404. The molecule has 4 N–H and O–H groups in total. The Balaban J connectivity index is 1.79. The van der Waals surface area contributed by atoms with Crippen LogP contribution < -0.4 is 16.4 Å². The summed E-state index contributed by atoms with van der Waals surface area (Å²) in [6, 6.07) is 23.5. The molecule has 1 amide bonds. The van der Waals surface area contributed by atoms with Crippen molar-refractivity contribution in [2.24, 2.45) is 5.73 Å². The van der Waals surface area contributed by atoms with Crippen molar-refractivity contribution in [2.75, 3.05) is 10.6 Å². The minimum atomic E-state index is -0.331. The van der Waals surface area contributed by atoms with Gasteiger partial charge in [0.2, 0.25) is 0 Å². The van der Waals surface area contributed by atoms with Gasteiger partial charge in [-0.05, 0) is 48.2 Å². The number of nitrogens with two attached hydrogens (primary N) is 1. The van der Waals surface area contributed by atoms with Gasteiger partial charge in [0.15, 0.2) is 0 Å². The zero-order valence-corrected chi connectivity index (χ0v) is 18.5. The summed E-state index contributed by atoms with van der Waals surface area (Å²) in [7, 11) is 0. The van der Waals surface area contributed by atoms with Crippen LogP contribution in [-0.4, -0.2) is 5.91 Å². The van der Waals surface area contributed by atoms with Gasteiger partial charge in [-0.1, -0.05) is 74.0 Å². The summed E-state index contributed by atoms with van der Waals surface area (Å²) in [6.07, 6.45) is 1.74. The molecule has 0 saturated heterocycles. The third-order valence-corrected chi connectivity index (χ3v) is 6.26. The maximum atomic E-state index is 12.9. The zero-order chi connectivity index (χ0) is 22.0. The average molecular weight is 432 g/mol. The summed E-state index contributed by atoms with van der Waals surface area (Å²) < 4.78 is 0. The highest BCUT2D eigenvalue weighted by molar-refractivity contribution is 6.38. The number of nitrogens with one attached hydrogen (secondary N) is 2. The summed E-state index contributed by atoms with van der Waals surface area (Å²) in [5.41, 5.74) is 12.0. The van der Waals surface area contributed by atoms with Crippen LogP contribution in [0.1, 0.15) is 43.4 Å². The first-order valence-electron chi connectivity index (χ1n) is 10.5. The van der Waals surface area contributed by atoms with E-state index in [2.05, 4.69) is 36.6 Å². The number of hydrogen-bond donors (Lipinski definition) is 3. The fourth-order valence-electron chi connectivity index (χ4n) is 3.97. The third kappa shape index (κ3) is 4.09. The monoisotopic (exact) mass is 431 g/mol. The van der Waals surface area contributed by atoms with E-state index in [0.717, 1.165) is 46.6 Å². The molecule has 1 aliphatic rings. The molecule has 0 saturated carbocycles. The number of amides is 1. The molecule has 0 fully saturated rings. The highest BCUT2D eigenvalue weighted by Gasteiger charge is 2.29. The van der Waals surface area contributed by atoms with Gasteiger partial charge in [0.25, 0.3) is 5.91 Å². The molecule has 1 aliphatic heterocycles. The Labute approximate surface area is 188 Å². The van der Waals surface area contributed by atoms with Gasteiger partial charge in [-0.3, -0.25) is 4.79 Å². The first-order valence-corrected chi connectivity index (χ1v) is 10.9. The minimum absolute atomic E-state index is 0.154. The molecule has 158 valence electrons. The lowest BCUT2D eigenvalue weighted by Crippen LogP contribution is -2.34. The largest absolute Gasteiger partial charge is 0.354 e. The maximum Gasteiger partial charge on any atom is 0.258 e. The summed E-state index contributed by atoms with van der Waals surface area (Å²) in [5.74, 6) is -0.154. The minimum Gasteiger partial charge on any atom is -0.354 e. The predicted molar refractivity (Wildman–Crippen MR) is 130 cm³/mol. The second-order valence-corrected chi connectivity index (χ2v) is 8.26. The van der Waals surface area contributed by atoms with Crippen LogP contribution in [0.5, 0.6) is 0 Å². The van der Waals surface area contributed by atoms with Crippen LogP contribution in [-0.2, 0) is 10.3 Å². The highest BCUT2D eigenvalue weighted by atomic mass is 35.5. The van der Waals surface area contributed by atoms with E-state index in [9.17, 15) is 4.79 Å². The van der Waals surface area contributed by atoms with Crippen molar-refractivity contribution in [3.63, 3.8) is 0 Å². The van der Waals surface area contributed by atoms with Crippen molar-refractivity contribution in [3.05, 3.63) is 94.5 Å². The van der Waals surface area contributed by atoms with Crippen molar-refractivity contribution in [2.45, 2.75) is 32.2 Å². The summed E-state index contributed by atoms with van der Waals surface area (Å²) >= 11 is 6.13. The lowest BCUT2D eigenvalue weighted by atomic mass is 9.86. The standard InChI is InChI=1S/C26H26ClN3O/c1-3-26(28,4-2)18-10-13-20(14-11-18)29-24(17-8-6-5-7-9-17)23-21-15-12-19(27)16-22(21)30-25(23)31/h5-16,29H,3-4,28H2,1-2H3,(H,30,31)/b24-23-. The molecule has 0 aliphatic carbocycles. The van der Waals surface area contributed by atoms with Crippen molar-refractivity contribution in [3.8, 4) is 0 Å². The van der Waals surface area contributed by atoms with Crippen LogP contribution in [0, 0.1) is 0 Å². The van der Waals surface area contributed by atoms with Crippen molar-refractivity contribution in [1.82, 2.24) is 0 Å². The number of rotatable bonds is 6. The van der Waals surface area contributed by atoms with Crippen LogP contribution in [0.25, 0.3) is 11.3 Å². The van der Waals surface area contributed by atoms with E-state index < -0.39 is 0 Å². The molecule has 4 rings (SSSR count). The molecule has 3 aromatic rings. The Morgan fingerprint density at radius 1 is 1.00 bits per heavy atom. The molecular formula is C26H26ClN3O. The number of fused-ring (bicyclic) bond motifs is 1. The molecule has 31 heavy (non-hydrogen) atoms. The van der Waals surface area contributed by atoms with E-state index >= 15 is 0 Å². The molecule has 5 heteroatoms. The Bertz CT molecular complexity index is 1130. The van der Waals surface area contributed by atoms with E-state index in [-0.39, 0.29) is 11.4 Å². The van der Waals surface area contributed by atoms with Gasteiger partial charge in [-0.25, -0.2) is 0 Å². The lowest BCUT2D eigenvalue weighted by Gasteiger charge is -2.27. The third-order valence-electron chi connectivity index (χ3n) is 6.03. The van der Waals surface area contributed by atoms with Crippen LogP contribution in [0.2, 0.25) is 5.02 Å². The van der Waals surface area contributed by atoms with Crippen LogP contribution >= 0.6 is 11.6 Å². The van der Waals surface area contributed by atoms with Gasteiger partial charge in [0.05, 0.1) is 17.0 Å². The van der Waals surface area contributed by atoms with Gasteiger partial charge < -0.3 is 16.4 Å². The van der Waals surface area contributed by atoms with Crippen LogP contribution in [0.15, 0.2) is 72.8 Å². The first kappa shape index (κ1) is 21.2. The molecule has 3 aromatic carbocycles. The summed E-state index contributed by atoms with van der Waals surface area (Å²) in [5, 5.41) is 7.00. The van der Waals surface area contributed by atoms with Crippen molar-refractivity contribution in [1.29, 1.82) is 0 Å². The van der Waals surface area contributed by atoms with E-state index in [1.165, 1.54) is 0 Å². The Morgan fingerprint density at radius 2 is 1.68 bits per heavy atom. The molecular weight excluding hydrogens is 406 g/mol. The van der Waals surface area contributed by atoms with Gasteiger partial charge in [0.1, 0.15) is 0 Å². The molecule has 0 unspecified atom stereocenters. The first-order chi connectivity index (χ1) is 14.9. The smallest absolute Gasteiger partial charge is 0.258 e. The Morgan fingerprint density at radius 3 is 2.32 bits per heavy atom. The topological polar surface area (TPSA) is 67.1 Å². The fourth-order valence-corrected chi connectivity index (χ4v) is 4.14. The number of carbonyl (C=O) groups is 1. The second kappa shape index (κ2) is 8.58. The van der Waals surface area contributed by atoms with Crippen LogP contribution in [0.4, 0.5) is 11.4 Å². The van der Waals surface area contributed by atoms with Gasteiger partial charge in [-0.2, -0.15) is 0 Å². The molecule has 0 radical (unpaired) electrons. The average Bonchev–Trinajstić information content (AvgIpc) is 3.12. The molecule has 4 nitrogen and oxygen atoms in total. The number of anilines is 2. The van der Waals surface area contributed by atoms with Crippen molar-refractivity contribution >= 4 is 40.2 Å². The highest BCUT2D eigenvalue weighted by Crippen LogP contribution is 2.39. The molecule has 0 atom stereocenters. The number of halogens is 1. The van der Waals surface area contributed by atoms with E-state index in [4.69, 9.17) is 17.3 Å². The molecule has 0 aromatic heterocycles. The predicted octanol–water partition coefficient (Wildman–Crippen LogP) is 6.25. The number of carbonyl (C=O) groups excluding carboxylic acids is 1. The van der Waals surface area contributed by atoms with E-state index in [0.29, 0.717) is 10.6 Å². The maximum absolute atomic E-state index is 12.9. The van der Waals surface area contributed by atoms with E-state index in [1.54, 1.807) is 12.1 Å². The summed E-state index contributed by atoms with van der Waals surface area (Å²) in [4.78, 5) is 12.9. The van der Waals surface area contributed by atoms with E-state index in [1.807, 2.05) is 48.5 Å². The zero-order valence-electron chi connectivity index (χ0n) is 17.7. The molecule has 1 heterocycles. The van der Waals surface area contributed by atoms with Crippen LogP contribution in [0.3, 0.4) is 0 Å². The van der Waals surface area contributed by atoms with Gasteiger partial charge >= 0.3 is 0 Å². The second-order valence-electron chi connectivity index (χ2n) is 7.83. The normalized spacial score (nSPS) is 14.8. The SMILES string of the molecule is CCC(N)(CC)c1ccc(N/C(=C2\C(=O)Nc3cc(Cl)ccc32)c2ccccc2)cc1. The fraction of sp³-hybridized carbons (Fsp3) is 0.192. The molecule has 0 spiro atoms. The lowest BCUT2D eigenvalue weighted by molar-refractivity contribution is -0.110. The Kier molecular flexibility index (Phi) is 5.86. The summed E-state index contributed by atoms with van der Waals surface area (Å²) in [6.45, 7) is 4.21.